The van der Waals surface area contributed by atoms with Crippen LogP contribution in [0.1, 0.15) is 44.1 Å². The van der Waals surface area contributed by atoms with Gasteiger partial charge in [0.15, 0.2) is 0 Å². The average Bonchev–Trinajstić information content (AvgIpc) is 2.49. The molecule has 21 heavy (non-hydrogen) atoms. The number of ether oxygens (including phenoxy) is 1. The van der Waals surface area contributed by atoms with E-state index in [-0.39, 0.29) is 18.0 Å². The van der Waals surface area contributed by atoms with E-state index in [2.05, 4.69) is 24.8 Å². The monoisotopic (exact) mass is 282 g/mol. The summed E-state index contributed by atoms with van der Waals surface area (Å²) in [5, 5.41) is 0. The molecule has 1 aliphatic heterocycles. The Labute approximate surface area is 126 Å². The van der Waals surface area contributed by atoms with Gasteiger partial charge in [-0.15, -0.1) is 6.58 Å². The van der Waals surface area contributed by atoms with Crippen LogP contribution in [0, 0.1) is 5.41 Å². The number of fused-ring (bicyclic) bond motifs is 1. The van der Waals surface area contributed by atoms with Crippen LogP contribution in [0.3, 0.4) is 0 Å². The zero-order valence-corrected chi connectivity index (χ0v) is 12.5. The van der Waals surface area contributed by atoms with Crippen LogP contribution in [0.15, 0.2) is 54.6 Å². The molecule has 0 unspecified atom stereocenters. The standard InChI is InChI=1S/C19H22O2/c1-3-12-19-16(13-14(2)21-18(19)20)10-7-11-17(19)15-8-5-4-6-9-15/h3-6,8-10,14,17H,1,7,11-13H2,2H3/t14-,17+,19+/m0/s1. The summed E-state index contributed by atoms with van der Waals surface area (Å²) in [6.07, 6.45) is 7.65. The van der Waals surface area contributed by atoms with E-state index in [1.807, 2.05) is 31.2 Å². The molecule has 0 radical (unpaired) electrons. The molecule has 1 saturated heterocycles. The Morgan fingerprint density at radius 1 is 1.38 bits per heavy atom. The third kappa shape index (κ3) is 2.23. The summed E-state index contributed by atoms with van der Waals surface area (Å²) < 4.78 is 5.64. The van der Waals surface area contributed by atoms with Crippen molar-refractivity contribution in [3.05, 3.63) is 60.2 Å². The van der Waals surface area contributed by atoms with Crippen molar-refractivity contribution >= 4 is 5.97 Å². The van der Waals surface area contributed by atoms with E-state index < -0.39 is 5.41 Å². The Morgan fingerprint density at radius 2 is 2.14 bits per heavy atom. The lowest BCUT2D eigenvalue weighted by Crippen LogP contribution is -2.47. The van der Waals surface area contributed by atoms with E-state index in [1.165, 1.54) is 11.1 Å². The summed E-state index contributed by atoms with van der Waals surface area (Å²) in [7, 11) is 0. The number of esters is 1. The van der Waals surface area contributed by atoms with Crippen LogP contribution in [0.25, 0.3) is 0 Å². The zero-order chi connectivity index (χ0) is 14.9. The summed E-state index contributed by atoms with van der Waals surface area (Å²) in [6, 6.07) is 10.4. The van der Waals surface area contributed by atoms with Gasteiger partial charge in [0, 0.05) is 12.3 Å². The fourth-order valence-corrected chi connectivity index (χ4v) is 3.98. The molecule has 0 saturated carbocycles. The van der Waals surface area contributed by atoms with Gasteiger partial charge in [0.1, 0.15) is 6.10 Å². The first kappa shape index (κ1) is 14.1. The maximum atomic E-state index is 12.8. The Morgan fingerprint density at radius 3 is 2.86 bits per heavy atom. The summed E-state index contributed by atoms with van der Waals surface area (Å²) >= 11 is 0. The Bertz CT molecular complexity index is 572. The average molecular weight is 282 g/mol. The molecule has 0 N–H and O–H groups in total. The fourth-order valence-electron chi connectivity index (χ4n) is 3.98. The number of carbonyl (C=O) groups excluding carboxylic acids is 1. The number of benzene rings is 1. The van der Waals surface area contributed by atoms with Gasteiger partial charge in [0.05, 0.1) is 5.41 Å². The molecule has 2 aliphatic rings. The normalized spacial score (nSPS) is 31.9. The lowest BCUT2D eigenvalue weighted by molar-refractivity contribution is -0.165. The molecule has 1 heterocycles. The van der Waals surface area contributed by atoms with Crippen molar-refractivity contribution in [2.24, 2.45) is 5.41 Å². The van der Waals surface area contributed by atoms with Crippen LogP contribution in [-0.2, 0) is 9.53 Å². The van der Waals surface area contributed by atoms with E-state index in [1.54, 1.807) is 0 Å². The number of rotatable bonds is 3. The molecule has 2 nitrogen and oxygen atoms in total. The predicted molar refractivity (Wildman–Crippen MR) is 83.9 cm³/mol. The highest BCUT2D eigenvalue weighted by molar-refractivity contribution is 5.84. The molecule has 2 heteroatoms. The van der Waals surface area contributed by atoms with Crippen molar-refractivity contribution in [2.75, 3.05) is 0 Å². The van der Waals surface area contributed by atoms with Gasteiger partial charge in [-0.05, 0) is 31.7 Å². The highest BCUT2D eigenvalue weighted by Crippen LogP contribution is 2.55. The maximum absolute atomic E-state index is 12.8. The maximum Gasteiger partial charge on any atom is 0.317 e. The molecule has 110 valence electrons. The third-order valence-electron chi connectivity index (χ3n) is 4.86. The van der Waals surface area contributed by atoms with E-state index in [0.29, 0.717) is 6.42 Å². The van der Waals surface area contributed by atoms with E-state index in [4.69, 9.17) is 4.74 Å². The topological polar surface area (TPSA) is 26.3 Å². The third-order valence-corrected chi connectivity index (χ3v) is 4.86. The van der Waals surface area contributed by atoms with Crippen molar-refractivity contribution < 1.29 is 9.53 Å². The molecule has 1 aliphatic carbocycles. The quantitative estimate of drug-likeness (QED) is 0.607. The van der Waals surface area contributed by atoms with Crippen LogP contribution in [0.2, 0.25) is 0 Å². The Balaban J connectivity index is 2.11. The smallest absolute Gasteiger partial charge is 0.317 e. The van der Waals surface area contributed by atoms with Crippen LogP contribution >= 0.6 is 0 Å². The molecule has 0 aromatic heterocycles. The molecule has 3 atom stereocenters. The van der Waals surface area contributed by atoms with Crippen LogP contribution in [0.5, 0.6) is 0 Å². The fraction of sp³-hybridized carbons (Fsp3) is 0.421. The van der Waals surface area contributed by atoms with Gasteiger partial charge in [-0.2, -0.15) is 0 Å². The second kappa shape index (κ2) is 5.51. The first-order chi connectivity index (χ1) is 10.2. The zero-order valence-electron chi connectivity index (χ0n) is 12.5. The number of hydrogen-bond donors (Lipinski definition) is 0. The molecule has 0 amide bonds. The lowest BCUT2D eigenvalue weighted by atomic mass is 9.59. The van der Waals surface area contributed by atoms with Crippen molar-refractivity contribution in [3.63, 3.8) is 0 Å². The summed E-state index contributed by atoms with van der Waals surface area (Å²) in [5.41, 5.74) is 1.95. The summed E-state index contributed by atoms with van der Waals surface area (Å²) in [4.78, 5) is 12.8. The van der Waals surface area contributed by atoms with Gasteiger partial charge in [0.2, 0.25) is 0 Å². The van der Waals surface area contributed by atoms with Crippen LogP contribution < -0.4 is 0 Å². The minimum absolute atomic E-state index is 0.0174. The number of hydrogen-bond acceptors (Lipinski definition) is 2. The highest BCUT2D eigenvalue weighted by atomic mass is 16.5. The van der Waals surface area contributed by atoms with Crippen molar-refractivity contribution in [2.45, 2.75) is 44.6 Å². The molecule has 1 fully saturated rings. The molecule has 1 aromatic carbocycles. The minimum Gasteiger partial charge on any atom is -0.462 e. The predicted octanol–water partition coefficient (Wildman–Crippen LogP) is 4.39. The number of carbonyl (C=O) groups is 1. The number of allylic oxidation sites excluding steroid dienone is 2. The first-order valence-electron chi connectivity index (χ1n) is 7.75. The molecular formula is C19H22O2. The molecular weight excluding hydrogens is 260 g/mol. The Kier molecular flexibility index (Phi) is 3.71. The Hall–Kier alpha value is -1.83. The van der Waals surface area contributed by atoms with E-state index >= 15 is 0 Å². The SMILES string of the molecule is C=CC[C@@]12C(=O)O[C@@H](C)CC1=CCC[C@@H]2c1ccccc1. The van der Waals surface area contributed by atoms with Gasteiger partial charge in [-0.25, -0.2) is 0 Å². The minimum atomic E-state index is -0.534. The number of cyclic esters (lactones) is 1. The summed E-state index contributed by atoms with van der Waals surface area (Å²) in [6.45, 7) is 5.86. The molecule has 1 aromatic rings. The largest absolute Gasteiger partial charge is 0.462 e. The van der Waals surface area contributed by atoms with Crippen LogP contribution in [-0.4, -0.2) is 12.1 Å². The van der Waals surface area contributed by atoms with Gasteiger partial charge in [-0.3, -0.25) is 4.79 Å². The van der Waals surface area contributed by atoms with Crippen LogP contribution in [0.4, 0.5) is 0 Å². The molecule has 3 rings (SSSR count). The van der Waals surface area contributed by atoms with Gasteiger partial charge in [0.25, 0.3) is 0 Å². The van der Waals surface area contributed by atoms with Gasteiger partial charge in [-0.1, -0.05) is 48.1 Å². The first-order valence-corrected chi connectivity index (χ1v) is 7.75. The van der Waals surface area contributed by atoms with Crippen molar-refractivity contribution in [1.82, 2.24) is 0 Å². The van der Waals surface area contributed by atoms with E-state index in [0.717, 1.165) is 19.3 Å². The van der Waals surface area contributed by atoms with Crippen molar-refractivity contribution in [1.29, 1.82) is 0 Å². The lowest BCUT2D eigenvalue weighted by Gasteiger charge is -2.47. The summed E-state index contributed by atoms with van der Waals surface area (Å²) in [5.74, 6) is 0.123. The molecule has 0 spiro atoms. The van der Waals surface area contributed by atoms with Gasteiger partial charge >= 0.3 is 5.97 Å². The van der Waals surface area contributed by atoms with Gasteiger partial charge < -0.3 is 4.74 Å². The second-order valence-corrected chi connectivity index (χ2v) is 6.15. The second-order valence-electron chi connectivity index (χ2n) is 6.15. The van der Waals surface area contributed by atoms with Crippen molar-refractivity contribution in [3.8, 4) is 0 Å². The van der Waals surface area contributed by atoms with E-state index in [9.17, 15) is 4.79 Å². The molecule has 0 bridgehead atoms. The highest BCUT2D eigenvalue weighted by Gasteiger charge is 2.53.